The van der Waals surface area contributed by atoms with E-state index in [4.69, 9.17) is 0 Å². The normalized spacial score (nSPS) is 14.1. The van der Waals surface area contributed by atoms with Gasteiger partial charge in [0.05, 0.1) is 6.20 Å². The highest BCUT2D eigenvalue weighted by Gasteiger charge is 2.22. The summed E-state index contributed by atoms with van der Waals surface area (Å²) in [5, 5.41) is 11.6. The Balaban J connectivity index is 1.74. The topological polar surface area (TPSA) is 53.9 Å². The molecule has 1 aliphatic carbocycles. The van der Waals surface area contributed by atoms with E-state index in [-0.39, 0.29) is 0 Å². The fraction of sp³-hybridized carbons (Fsp3) is 0.400. The van der Waals surface area contributed by atoms with Crippen LogP contribution in [-0.4, -0.2) is 27.8 Å². The molecule has 0 bridgehead atoms. The Morgan fingerprint density at radius 3 is 2.75 bits per heavy atom. The van der Waals surface area contributed by atoms with Crippen LogP contribution in [0.4, 0.5) is 11.8 Å². The van der Waals surface area contributed by atoms with Gasteiger partial charge in [-0.3, -0.25) is 0 Å². The predicted octanol–water partition coefficient (Wildman–Crippen LogP) is 2.47. The molecule has 1 saturated carbocycles. The van der Waals surface area contributed by atoms with Gasteiger partial charge in [-0.2, -0.15) is 10.1 Å². The SMILES string of the molecule is CCN(Cc1ccccc1)c1nncc(NC2CC2)n1. The predicted molar refractivity (Wildman–Crippen MR) is 79.6 cm³/mol. The Morgan fingerprint density at radius 1 is 1.25 bits per heavy atom. The van der Waals surface area contributed by atoms with Crippen molar-refractivity contribution in [3.8, 4) is 0 Å². The molecule has 1 heterocycles. The van der Waals surface area contributed by atoms with E-state index >= 15 is 0 Å². The van der Waals surface area contributed by atoms with Gasteiger partial charge in [0.2, 0.25) is 5.95 Å². The molecule has 0 amide bonds. The number of nitrogens with one attached hydrogen (secondary N) is 1. The first-order valence-electron chi connectivity index (χ1n) is 7.10. The van der Waals surface area contributed by atoms with Crippen molar-refractivity contribution in [2.45, 2.75) is 32.4 Å². The van der Waals surface area contributed by atoms with Gasteiger partial charge in [0.1, 0.15) is 0 Å². The Bertz CT molecular complexity index is 553. The third-order valence-corrected chi connectivity index (χ3v) is 3.36. The van der Waals surface area contributed by atoms with Gasteiger partial charge in [-0.05, 0) is 25.3 Å². The fourth-order valence-corrected chi connectivity index (χ4v) is 2.06. The third kappa shape index (κ3) is 3.23. The van der Waals surface area contributed by atoms with Gasteiger partial charge < -0.3 is 10.2 Å². The van der Waals surface area contributed by atoms with Crippen LogP contribution in [0.3, 0.4) is 0 Å². The van der Waals surface area contributed by atoms with E-state index in [1.807, 2.05) is 18.2 Å². The molecule has 1 aromatic carbocycles. The van der Waals surface area contributed by atoms with Gasteiger partial charge >= 0.3 is 0 Å². The molecule has 0 saturated heterocycles. The Morgan fingerprint density at radius 2 is 2.05 bits per heavy atom. The number of hydrogen-bond donors (Lipinski definition) is 1. The van der Waals surface area contributed by atoms with Crippen molar-refractivity contribution >= 4 is 11.8 Å². The first-order valence-corrected chi connectivity index (χ1v) is 7.10. The van der Waals surface area contributed by atoms with Gasteiger partial charge in [0.15, 0.2) is 5.82 Å². The summed E-state index contributed by atoms with van der Waals surface area (Å²) in [6, 6.07) is 10.9. The standard InChI is InChI=1S/C15H19N5/c1-2-20(11-12-6-4-3-5-7-12)15-18-14(10-16-19-15)17-13-8-9-13/h3-7,10,13H,2,8-9,11H2,1H3,(H,17,18,19). The summed E-state index contributed by atoms with van der Waals surface area (Å²) >= 11 is 0. The van der Waals surface area contributed by atoms with Crippen LogP contribution in [0.25, 0.3) is 0 Å². The molecule has 2 aromatic rings. The van der Waals surface area contributed by atoms with Gasteiger partial charge in [-0.1, -0.05) is 30.3 Å². The second-order valence-corrected chi connectivity index (χ2v) is 5.06. The smallest absolute Gasteiger partial charge is 0.247 e. The van der Waals surface area contributed by atoms with Gasteiger partial charge in [0, 0.05) is 19.1 Å². The van der Waals surface area contributed by atoms with Crippen molar-refractivity contribution in [1.29, 1.82) is 0 Å². The minimum Gasteiger partial charge on any atom is -0.366 e. The lowest BCUT2D eigenvalue weighted by molar-refractivity contribution is 0.769. The summed E-state index contributed by atoms with van der Waals surface area (Å²) in [7, 11) is 0. The average Bonchev–Trinajstić information content (AvgIpc) is 3.30. The molecule has 5 nitrogen and oxygen atoms in total. The first-order chi connectivity index (χ1) is 9.85. The van der Waals surface area contributed by atoms with Crippen LogP contribution in [0.5, 0.6) is 0 Å². The quantitative estimate of drug-likeness (QED) is 0.873. The Hall–Kier alpha value is -2.17. The highest BCUT2D eigenvalue weighted by atomic mass is 15.3. The lowest BCUT2D eigenvalue weighted by Crippen LogP contribution is -2.25. The maximum Gasteiger partial charge on any atom is 0.247 e. The molecule has 0 spiro atoms. The third-order valence-electron chi connectivity index (χ3n) is 3.36. The van der Waals surface area contributed by atoms with Crippen molar-refractivity contribution < 1.29 is 0 Å². The number of anilines is 2. The second kappa shape index (κ2) is 5.86. The molecular formula is C15H19N5. The minimum absolute atomic E-state index is 0.573. The van der Waals surface area contributed by atoms with Crippen molar-refractivity contribution in [3.63, 3.8) is 0 Å². The van der Waals surface area contributed by atoms with Gasteiger partial charge in [-0.25, -0.2) is 0 Å². The van der Waals surface area contributed by atoms with Crippen LogP contribution in [-0.2, 0) is 6.54 Å². The molecule has 20 heavy (non-hydrogen) atoms. The van der Waals surface area contributed by atoms with E-state index in [2.05, 4.69) is 44.5 Å². The zero-order chi connectivity index (χ0) is 13.8. The van der Waals surface area contributed by atoms with E-state index in [1.165, 1.54) is 18.4 Å². The Labute approximate surface area is 119 Å². The van der Waals surface area contributed by atoms with Crippen LogP contribution in [0, 0.1) is 0 Å². The first kappa shape index (κ1) is 12.8. The molecule has 1 aromatic heterocycles. The van der Waals surface area contributed by atoms with Crippen LogP contribution >= 0.6 is 0 Å². The molecule has 0 unspecified atom stereocenters. The van der Waals surface area contributed by atoms with E-state index in [1.54, 1.807) is 6.20 Å². The van der Waals surface area contributed by atoms with Crippen LogP contribution in [0.15, 0.2) is 36.5 Å². The van der Waals surface area contributed by atoms with Crippen molar-refractivity contribution in [1.82, 2.24) is 15.2 Å². The molecule has 3 rings (SSSR count). The molecule has 1 N–H and O–H groups in total. The number of aromatic nitrogens is 3. The molecule has 0 aliphatic heterocycles. The van der Waals surface area contributed by atoms with E-state index in [9.17, 15) is 0 Å². The molecule has 1 aliphatic rings. The minimum atomic E-state index is 0.573. The molecule has 104 valence electrons. The Kier molecular flexibility index (Phi) is 3.76. The van der Waals surface area contributed by atoms with E-state index in [0.29, 0.717) is 12.0 Å². The highest BCUT2D eigenvalue weighted by Crippen LogP contribution is 2.23. The van der Waals surface area contributed by atoms with Crippen LogP contribution in [0.1, 0.15) is 25.3 Å². The maximum atomic E-state index is 4.56. The molecule has 0 atom stereocenters. The van der Waals surface area contributed by atoms with Crippen LogP contribution < -0.4 is 10.2 Å². The summed E-state index contributed by atoms with van der Waals surface area (Å²) in [5.74, 6) is 1.51. The molecule has 1 fully saturated rings. The lowest BCUT2D eigenvalue weighted by Gasteiger charge is -2.20. The average molecular weight is 269 g/mol. The summed E-state index contributed by atoms with van der Waals surface area (Å²) in [5.41, 5.74) is 1.25. The lowest BCUT2D eigenvalue weighted by atomic mass is 10.2. The molecular weight excluding hydrogens is 250 g/mol. The van der Waals surface area contributed by atoms with Crippen LogP contribution in [0.2, 0.25) is 0 Å². The fourth-order valence-electron chi connectivity index (χ4n) is 2.06. The van der Waals surface area contributed by atoms with Crippen molar-refractivity contribution in [2.75, 3.05) is 16.8 Å². The summed E-state index contributed by atoms with van der Waals surface area (Å²) < 4.78 is 0. The second-order valence-electron chi connectivity index (χ2n) is 5.06. The van der Waals surface area contributed by atoms with E-state index < -0.39 is 0 Å². The largest absolute Gasteiger partial charge is 0.366 e. The summed E-state index contributed by atoms with van der Waals surface area (Å²) in [4.78, 5) is 6.69. The number of benzene rings is 1. The van der Waals surface area contributed by atoms with E-state index in [0.717, 1.165) is 18.9 Å². The summed E-state index contributed by atoms with van der Waals surface area (Å²) in [6.07, 6.45) is 4.14. The number of rotatable bonds is 6. The highest BCUT2D eigenvalue weighted by molar-refractivity contribution is 5.41. The molecule has 0 radical (unpaired) electrons. The van der Waals surface area contributed by atoms with Gasteiger partial charge in [0.25, 0.3) is 0 Å². The molecule has 5 heteroatoms. The summed E-state index contributed by atoms with van der Waals surface area (Å²) in [6.45, 7) is 3.75. The maximum absolute atomic E-state index is 4.56. The zero-order valence-electron chi connectivity index (χ0n) is 11.7. The number of hydrogen-bond acceptors (Lipinski definition) is 5. The van der Waals surface area contributed by atoms with Gasteiger partial charge in [-0.15, -0.1) is 5.10 Å². The monoisotopic (exact) mass is 269 g/mol. The van der Waals surface area contributed by atoms with Crippen molar-refractivity contribution in [2.24, 2.45) is 0 Å². The van der Waals surface area contributed by atoms with Crippen molar-refractivity contribution in [3.05, 3.63) is 42.1 Å². The number of nitrogens with zero attached hydrogens (tertiary/aromatic N) is 4. The zero-order valence-corrected chi connectivity index (χ0v) is 11.7.